The molecule has 2 heteroatoms. The summed E-state index contributed by atoms with van der Waals surface area (Å²) in [4.78, 5) is 0. The third-order valence-corrected chi connectivity index (χ3v) is 8.53. The summed E-state index contributed by atoms with van der Waals surface area (Å²) >= 11 is 0. The molecule has 0 spiro atoms. The first kappa shape index (κ1) is 26.9. The van der Waals surface area contributed by atoms with E-state index in [2.05, 4.69) is 79.8 Å². The number of nitrogens with zero attached hydrogens (tertiary/aromatic N) is 1. The number of fused-ring (bicyclic) bond motifs is 1. The molecular weight excluding hydrogens is 472 g/mol. The molecule has 0 atom stereocenters. The highest BCUT2D eigenvalue weighted by molar-refractivity contribution is 5.70. The second-order valence-corrected chi connectivity index (χ2v) is 11.2. The highest BCUT2D eigenvalue weighted by Crippen LogP contribution is 2.31. The molecule has 0 saturated heterocycles. The van der Waals surface area contributed by atoms with Crippen LogP contribution in [0.15, 0.2) is 72.8 Å². The van der Waals surface area contributed by atoms with Gasteiger partial charge in [0.2, 0.25) is 0 Å². The predicted molar refractivity (Wildman–Crippen MR) is 163 cm³/mol. The lowest BCUT2D eigenvalue weighted by Gasteiger charge is -2.18. The van der Waals surface area contributed by atoms with E-state index >= 15 is 0 Å². The summed E-state index contributed by atoms with van der Waals surface area (Å²) in [7, 11) is 2.02. The van der Waals surface area contributed by atoms with Crippen LogP contribution in [0.25, 0.3) is 11.1 Å². The van der Waals surface area contributed by atoms with Gasteiger partial charge in [-0.3, -0.25) is 0 Å². The van der Waals surface area contributed by atoms with Gasteiger partial charge in [0.05, 0.1) is 11.6 Å². The first-order valence-electron chi connectivity index (χ1n) is 14.5. The van der Waals surface area contributed by atoms with Crippen LogP contribution in [-0.2, 0) is 45.1 Å². The molecule has 198 valence electrons. The minimum absolute atomic E-state index is 0.737. The van der Waals surface area contributed by atoms with E-state index < -0.39 is 0 Å². The van der Waals surface area contributed by atoms with Crippen LogP contribution in [0.1, 0.15) is 68.5 Å². The number of nitrogens with one attached hydrogen (secondary N) is 1. The van der Waals surface area contributed by atoms with Crippen LogP contribution < -0.4 is 5.32 Å². The maximum Gasteiger partial charge on any atom is 0.0991 e. The maximum atomic E-state index is 9.27. The molecule has 0 saturated carbocycles. The zero-order chi connectivity index (χ0) is 27.2. The molecule has 1 N–H and O–H groups in total. The fourth-order valence-corrected chi connectivity index (χ4v) is 6.23. The predicted octanol–water partition coefficient (Wildman–Crippen LogP) is 8.01. The van der Waals surface area contributed by atoms with Crippen molar-refractivity contribution in [2.45, 2.75) is 71.8 Å². The number of nitriles is 1. The Balaban J connectivity index is 1.35. The molecule has 0 aliphatic heterocycles. The Morgan fingerprint density at radius 1 is 0.718 bits per heavy atom. The van der Waals surface area contributed by atoms with Crippen LogP contribution >= 0.6 is 0 Å². The Kier molecular flexibility index (Phi) is 8.60. The minimum Gasteiger partial charge on any atom is -0.316 e. The van der Waals surface area contributed by atoms with E-state index in [1.807, 2.05) is 25.2 Å². The van der Waals surface area contributed by atoms with E-state index in [0.717, 1.165) is 37.8 Å². The average molecular weight is 513 g/mol. The zero-order valence-corrected chi connectivity index (χ0v) is 23.7. The van der Waals surface area contributed by atoms with Gasteiger partial charge in [0.25, 0.3) is 0 Å². The van der Waals surface area contributed by atoms with Crippen molar-refractivity contribution in [3.05, 3.63) is 128 Å². The molecule has 1 aliphatic carbocycles. The van der Waals surface area contributed by atoms with Crippen molar-refractivity contribution in [3.8, 4) is 17.2 Å². The van der Waals surface area contributed by atoms with Gasteiger partial charge in [-0.1, -0.05) is 60.7 Å². The smallest absolute Gasteiger partial charge is 0.0991 e. The van der Waals surface area contributed by atoms with Crippen molar-refractivity contribution in [1.29, 1.82) is 5.26 Å². The first-order valence-corrected chi connectivity index (χ1v) is 14.5. The summed E-state index contributed by atoms with van der Waals surface area (Å²) in [6, 6.07) is 29.1. The Hall–Kier alpha value is -3.67. The van der Waals surface area contributed by atoms with E-state index in [4.69, 9.17) is 0 Å². The molecule has 4 aromatic rings. The maximum absolute atomic E-state index is 9.27. The van der Waals surface area contributed by atoms with Crippen molar-refractivity contribution >= 4 is 0 Å². The normalized spacial score (nSPS) is 12.7. The summed E-state index contributed by atoms with van der Waals surface area (Å²) < 4.78 is 0. The van der Waals surface area contributed by atoms with Gasteiger partial charge in [0.1, 0.15) is 0 Å². The summed E-state index contributed by atoms with van der Waals surface area (Å²) in [6.45, 7) is 5.43. The summed E-state index contributed by atoms with van der Waals surface area (Å²) in [5, 5.41) is 12.6. The Labute approximate surface area is 234 Å². The van der Waals surface area contributed by atoms with Crippen molar-refractivity contribution < 1.29 is 0 Å². The number of aryl methyl sites for hydroxylation is 7. The zero-order valence-electron chi connectivity index (χ0n) is 23.7. The van der Waals surface area contributed by atoms with Crippen molar-refractivity contribution in [2.24, 2.45) is 0 Å². The molecule has 0 amide bonds. The van der Waals surface area contributed by atoms with E-state index in [0.29, 0.717) is 0 Å². The number of hydrogen-bond acceptors (Lipinski definition) is 2. The number of hydrogen-bond donors (Lipinski definition) is 1. The Bertz CT molecular complexity index is 1500. The van der Waals surface area contributed by atoms with Gasteiger partial charge in [0, 0.05) is 6.54 Å². The van der Waals surface area contributed by atoms with Crippen LogP contribution in [0.4, 0.5) is 0 Å². The highest BCUT2D eigenvalue weighted by atomic mass is 14.8. The fourth-order valence-electron chi connectivity index (χ4n) is 6.23. The third kappa shape index (κ3) is 6.32. The van der Waals surface area contributed by atoms with Gasteiger partial charge < -0.3 is 5.32 Å². The van der Waals surface area contributed by atoms with Crippen LogP contribution in [-0.4, -0.2) is 7.05 Å². The minimum atomic E-state index is 0.737. The van der Waals surface area contributed by atoms with E-state index in [1.165, 1.54) is 75.8 Å². The van der Waals surface area contributed by atoms with Gasteiger partial charge in [-0.25, -0.2) is 0 Å². The lowest BCUT2D eigenvalue weighted by Crippen LogP contribution is -2.10. The lowest BCUT2D eigenvalue weighted by atomic mass is 9.87. The monoisotopic (exact) mass is 512 g/mol. The van der Waals surface area contributed by atoms with Crippen LogP contribution in [0.2, 0.25) is 0 Å². The second-order valence-electron chi connectivity index (χ2n) is 11.2. The highest BCUT2D eigenvalue weighted by Gasteiger charge is 2.14. The van der Waals surface area contributed by atoms with E-state index in [-0.39, 0.29) is 0 Å². The van der Waals surface area contributed by atoms with E-state index in [1.54, 1.807) is 11.1 Å². The number of rotatable bonds is 9. The lowest BCUT2D eigenvalue weighted by molar-refractivity contribution is 0.686. The topological polar surface area (TPSA) is 35.8 Å². The molecule has 0 unspecified atom stereocenters. The largest absolute Gasteiger partial charge is 0.316 e. The molecule has 4 aromatic carbocycles. The summed E-state index contributed by atoms with van der Waals surface area (Å²) in [5.74, 6) is 0. The van der Waals surface area contributed by atoms with Crippen molar-refractivity contribution in [3.63, 3.8) is 0 Å². The Morgan fingerprint density at radius 2 is 1.49 bits per heavy atom. The molecule has 0 radical (unpaired) electrons. The molecule has 5 rings (SSSR count). The SMILES string of the molecule is CNCc1cc(C)c(CCc2cccc(-c3ccc4c(c3)CCCC4)c2C)cc1CCc1cccc(C#N)c1. The average Bonchev–Trinajstić information content (AvgIpc) is 2.97. The van der Waals surface area contributed by atoms with Gasteiger partial charge >= 0.3 is 0 Å². The third-order valence-electron chi connectivity index (χ3n) is 8.53. The second kappa shape index (κ2) is 12.5. The molecular formula is C37H40N2. The van der Waals surface area contributed by atoms with Gasteiger partial charge in [-0.05, 0) is 146 Å². The van der Waals surface area contributed by atoms with Crippen LogP contribution in [0.5, 0.6) is 0 Å². The van der Waals surface area contributed by atoms with E-state index in [9.17, 15) is 5.26 Å². The molecule has 1 aliphatic rings. The van der Waals surface area contributed by atoms with Gasteiger partial charge in [-0.15, -0.1) is 0 Å². The van der Waals surface area contributed by atoms with Crippen LogP contribution in [0, 0.1) is 25.2 Å². The molecule has 0 bridgehead atoms. The fraction of sp³-hybridized carbons (Fsp3) is 0.324. The summed E-state index contributed by atoms with van der Waals surface area (Å²) in [5.41, 5.74) is 16.3. The number of benzene rings is 4. The van der Waals surface area contributed by atoms with Gasteiger partial charge in [0.15, 0.2) is 0 Å². The molecule has 0 aromatic heterocycles. The summed E-state index contributed by atoms with van der Waals surface area (Å²) in [6.07, 6.45) is 9.09. The Morgan fingerprint density at radius 3 is 2.31 bits per heavy atom. The van der Waals surface area contributed by atoms with Crippen molar-refractivity contribution in [2.75, 3.05) is 7.05 Å². The molecule has 0 heterocycles. The standard InChI is InChI=1S/C37H40N2/c1-26-20-36(25-39-3)34(15-14-28-8-6-9-29(21-28)24-38)22-32(26)18-16-30-12-7-13-37(27(30)2)35-19-17-31-10-4-5-11-33(31)23-35/h6-9,12-13,17,19-23,39H,4-5,10-11,14-16,18,25H2,1-3H3. The quantitative estimate of drug-likeness (QED) is 0.246. The molecule has 2 nitrogen and oxygen atoms in total. The van der Waals surface area contributed by atoms with Crippen molar-refractivity contribution in [1.82, 2.24) is 5.32 Å². The molecule has 0 fully saturated rings. The van der Waals surface area contributed by atoms with Crippen LogP contribution in [0.3, 0.4) is 0 Å². The molecule has 39 heavy (non-hydrogen) atoms. The van der Waals surface area contributed by atoms with Gasteiger partial charge in [-0.2, -0.15) is 5.26 Å². The first-order chi connectivity index (χ1) is 19.1.